The van der Waals surface area contributed by atoms with Crippen LogP contribution in [0.5, 0.6) is 17.2 Å². The Kier molecular flexibility index (Phi) is 6.96. The van der Waals surface area contributed by atoms with E-state index in [2.05, 4.69) is 9.97 Å². The molecule has 1 aromatic heterocycles. The van der Waals surface area contributed by atoms with Crippen molar-refractivity contribution in [2.45, 2.75) is 27.2 Å². The molecule has 0 spiro atoms. The maximum absolute atomic E-state index is 12.9. The summed E-state index contributed by atoms with van der Waals surface area (Å²) in [6.45, 7) is 6.24. The first kappa shape index (κ1) is 24.8. The number of nitrogens with one attached hydrogen (secondary N) is 1. The number of fused-ring (bicyclic) bond motifs is 1. The Balaban J connectivity index is 1.62. The van der Waals surface area contributed by atoms with E-state index in [9.17, 15) is 9.59 Å². The number of aromatic nitrogens is 2. The zero-order valence-corrected chi connectivity index (χ0v) is 21.0. The Labute approximate surface area is 209 Å². The van der Waals surface area contributed by atoms with Crippen molar-refractivity contribution in [3.8, 4) is 28.6 Å². The number of amides is 1. The third kappa shape index (κ3) is 4.88. The van der Waals surface area contributed by atoms with E-state index in [1.165, 1.54) is 7.11 Å². The summed E-state index contributed by atoms with van der Waals surface area (Å²) >= 11 is 0. The van der Waals surface area contributed by atoms with Gasteiger partial charge in [0, 0.05) is 29.7 Å². The van der Waals surface area contributed by atoms with Crippen molar-refractivity contribution in [1.29, 1.82) is 0 Å². The largest absolute Gasteiger partial charge is 0.497 e. The summed E-state index contributed by atoms with van der Waals surface area (Å²) in [7, 11) is 3.05. The highest BCUT2D eigenvalue weighted by molar-refractivity contribution is 5.94. The topological polar surface area (TPSA) is 117 Å². The van der Waals surface area contributed by atoms with Gasteiger partial charge in [-0.05, 0) is 55.7 Å². The molecule has 1 heterocycles. The van der Waals surface area contributed by atoms with E-state index >= 15 is 0 Å². The standard InChI is InChI=1S/C28H29N3O5/c1-15-6-7-21(26(29)32)18(10-15)8-9-36-25-16(2)11-19(12-17(25)3)27-30-22-13-20(34-4)14-23(35-5)24(22)28(33)31-27/h6-7,10-14H,8-9H2,1-5H3,(H2,29,32)(H,30,31,33). The quantitative estimate of drug-likeness (QED) is 0.384. The van der Waals surface area contributed by atoms with Gasteiger partial charge < -0.3 is 24.9 Å². The van der Waals surface area contributed by atoms with Gasteiger partial charge in [-0.2, -0.15) is 0 Å². The monoisotopic (exact) mass is 487 g/mol. The molecule has 0 aliphatic rings. The lowest BCUT2D eigenvalue weighted by molar-refractivity contribution is 0.0999. The molecule has 0 unspecified atom stereocenters. The van der Waals surface area contributed by atoms with E-state index in [-0.39, 0.29) is 5.56 Å². The van der Waals surface area contributed by atoms with Gasteiger partial charge in [0.25, 0.3) is 5.56 Å². The van der Waals surface area contributed by atoms with Gasteiger partial charge in [0.1, 0.15) is 28.5 Å². The predicted octanol–water partition coefficient (Wildman–Crippen LogP) is 4.25. The van der Waals surface area contributed by atoms with Gasteiger partial charge in [-0.15, -0.1) is 0 Å². The molecular formula is C28H29N3O5. The van der Waals surface area contributed by atoms with Crippen LogP contribution in [0.1, 0.15) is 32.6 Å². The summed E-state index contributed by atoms with van der Waals surface area (Å²) in [5.41, 5.74) is 10.7. The minimum atomic E-state index is -0.450. The first-order chi connectivity index (χ1) is 17.2. The molecule has 0 radical (unpaired) electrons. The number of nitrogens with two attached hydrogens (primary N) is 1. The van der Waals surface area contributed by atoms with Gasteiger partial charge in [0.15, 0.2) is 0 Å². The van der Waals surface area contributed by atoms with E-state index in [1.807, 2.05) is 45.0 Å². The molecule has 8 heteroatoms. The number of primary amides is 1. The Morgan fingerprint density at radius 1 is 1.00 bits per heavy atom. The lowest BCUT2D eigenvalue weighted by atomic mass is 10.0. The zero-order valence-electron chi connectivity index (χ0n) is 21.0. The Hall–Kier alpha value is -4.33. The third-order valence-corrected chi connectivity index (χ3v) is 6.08. The summed E-state index contributed by atoms with van der Waals surface area (Å²) in [4.78, 5) is 32.2. The fourth-order valence-corrected chi connectivity index (χ4v) is 4.37. The fourth-order valence-electron chi connectivity index (χ4n) is 4.37. The van der Waals surface area contributed by atoms with Crippen molar-refractivity contribution in [3.63, 3.8) is 0 Å². The molecule has 0 saturated carbocycles. The van der Waals surface area contributed by atoms with Gasteiger partial charge in [-0.1, -0.05) is 17.7 Å². The number of hydrogen-bond acceptors (Lipinski definition) is 6. The highest BCUT2D eigenvalue weighted by atomic mass is 16.5. The Bertz CT molecular complexity index is 1500. The van der Waals surface area contributed by atoms with Crippen LogP contribution in [0.2, 0.25) is 0 Å². The molecule has 0 saturated heterocycles. The van der Waals surface area contributed by atoms with Crippen molar-refractivity contribution in [3.05, 3.63) is 80.6 Å². The van der Waals surface area contributed by atoms with Crippen LogP contribution in [0.15, 0.2) is 47.3 Å². The maximum Gasteiger partial charge on any atom is 0.262 e. The summed E-state index contributed by atoms with van der Waals surface area (Å²) in [5, 5.41) is 0.363. The molecule has 4 aromatic rings. The number of benzene rings is 3. The molecule has 0 aliphatic carbocycles. The molecule has 0 fully saturated rings. The second kappa shape index (κ2) is 10.1. The number of carbonyl (C=O) groups excluding carboxylic acids is 1. The van der Waals surface area contributed by atoms with Gasteiger partial charge >= 0.3 is 0 Å². The highest BCUT2D eigenvalue weighted by Gasteiger charge is 2.15. The third-order valence-electron chi connectivity index (χ3n) is 6.08. The number of carbonyl (C=O) groups is 1. The van der Waals surface area contributed by atoms with Crippen molar-refractivity contribution in [1.82, 2.24) is 9.97 Å². The van der Waals surface area contributed by atoms with E-state index in [1.54, 1.807) is 25.3 Å². The normalized spacial score (nSPS) is 10.9. The predicted molar refractivity (Wildman–Crippen MR) is 139 cm³/mol. The van der Waals surface area contributed by atoms with Gasteiger partial charge in [-0.3, -0.25) is 9.59 Å². The average molecular weight is 488 g/mol. The summed E-state index contributed by atoms with van der Waals surface area (Å²) < 4.78 is 16.8. The van der Waals surface area contributed by atoms with Crippen LogP contribution in [0.4, 0.5) is 0 Å². The molecule has 36 heavy (non-hydrogen) atoms. The molecule has 3 aromatic carbocycles. The minimum Gasteiger partial charge on any atom is -0.497 e. The van der Waals surface area contributed by atoms with Gasteiger partial charge in [-0.25, -0.2) is 4.98 Å². The second-order valence-corrected chi connectivity index (χ2v) is 8.70. The molecule has 186 valence electrons. The first-order valence-corrected chi connectivity index (χ1v) is 11.5. The number of ether oxygens (including phenoxy) is 3. The van der Waals surface area contributed by atoms with Crippen LogP contribution >= 0.6 is 0 Å². The van der Waals surface area contributed by atoms with Crippen LogP contribution in [-0.2, 0) is 6.42 Å². The number of hydrogen-bond donors (Lipinski definition) is 2. The van der Waals surface area contributed by atoms with E-state index in [0.717, 1.165) is 33.6 Å². The molecule has 0 aliphatic heterocycles. The van der Waals surface area contributed by atoms with Crippen molar-refractivity contribution >= 4 is 16.8 Å². The summed E-state index contributed by atoms with van der Waals surface area (Å²) in [6, 6.07) is 12.8. The molecule has 3 N–H and O–H groups in total. The summed E-state index contributed by atoms with van der Waals surface area (Å²) in [6.07, 6.45) is 0.545. The molecule has 8 nitrogen and oxygen atoms in total. The highest BCUT2D eigenvalue weighted by Crippen LogP contribution is 2.31. The number of methoxy groups -OCH3 is 2. The maximum atomic E-state index is 12.9. The SMILES string of the molecule is COc1cc(OC)c2c(=O)[nH]c(-c3cc(C)c(OCCc4cc(C)ccc4C(N)=O)c(C)c3)nc2c1. The van der Waals surface area contributed by atoms with Crippen LogP contribution in [0, 0.1) is 20.8 Å². The zero-order chi connectivity index (χ0) is 26.0. The molecule has 4 rings (SSSR count). The second-order valence-electron chi connectivity index (χ2n) is 8.70. The van der Waals surface area contributed by atoms with E-state index in [4.69, 9.17) is 19.9 Å². The molecule has 0 atom stereocenters. The van der Waals surface area contributed by atoms with Crippen molar-refractivity contribution in [2.24, 2.45) is 5.73 Å². The average Bonchev–Trinajstić information content (AvgIpc) is 2.84. The van der Waals surface area contributed by atoms with Crippen LogP contribution < -0.4 is 25.5 Å². The van der Waals surface area contributed by atoms with Crippen molar-refractivity contribution in [2.75, 3.05) is 20.8 Å². The van der Waals surface area contributed by atoms with Crippen molar-refractivity contribution < 1.29 is 19.0 Å². The fraction of sp³-hybridized carbons (Fsp3) is 0.250. The number of rotatable bonds is 8. The molecule has 0 bridgehead atoms. The smallest absolute Gasteiger partial charge is 0.262 e. The molecular weight excluding hydrogens is 458 g/mol. The van der Waals surface area contributed by atoms with Crippen LogP contribution in [0.25, 0.3) is 22.3 Å². The number of nitrogens with zero attached hydrogens (tertiary/aromatic N) is 1. The Morgan fingerprint density at radius 3 is 2.36 bits per heavy atom. The van der Waals surface area contributed by atoms with Gasteiger partial charge in [0.2, 0.25) is 5.91 Å². The number of aryl methyl sites for hydroxylation is 3. The van der Waals surface area contributed by atoms with Gasteiger partial charge in [0.05, 0.1) is 26.3 Å². The number of H-pyrrole nitrogens is 1. The number of aromatic amines is 1. The lowest BCUT2D eigenvalue weighted by Gasteiger charge is -2.15. The minimum absolute atomic E-state index is 0.298. The van der Waals surface area contributed by atoms with Crippen LogP contribution in [-0.4, -0.2) is 36.7 Å². The Morgan fingerprint density at radius 2 is 1.72 bits per heavy atom. The first-order valence-electron chi connectivity index (χ1n) is 11.5. The van der Waals surface area contributed by atoms with E-state index in [0.29, 0.717) is 46.8 Å². The molecule has 1 amide bonds. The van der Waals surface area contributed by atoms with E-state index < -0.39 is 5.91 Å². The lowest BCUT2D eigenvalue weighted by Crippen LogP contribution is -2.15. The summed E-state index contributed by atoms with van der Waals surface area (Å²) in [5.74, 6) is 1.68. The van der Waals surface area contributed by atoms with Crippen LogP contribution in [0.3, 0.4) is 0 Å².